The molecule has 2 aromatic carbocycles. The van der Waals surface area contributed by atoms with Crippen molar-refractivity contribution in [2.24, 2.45) is 0 Å². The zero-order valence-corrected chi connectivity index (χ0v) is 27.3. The van der Waals surface area contributed by atoms with E-state index in [1.165, 1.54) is 0 Å². The van der Waals surface area contributed by atoms with Gasteiger partial charge < -0.3 is 24.2 Å². The largest absolute Gasteiger partial charge is 0.493 e. The molecule has 3 aliphatic heterocycles. The molecular weight excluding hydrogens is 614 g/mol. The van der Waals surface area contributed by atoms with Crippen LogP contribution in [0.1, 0.15) is 48.0 Å². The van der Waals surface area contributed by atoms with Crippen LogP contribution in [0.3, 0.4) is 0 Å². The highest BCUT2D eigenvalue weighted by Crippen LogP contribution is 2.36. The summed E-state index contributed by atoms with van der Waals surface area (Å²) in [4.78, 5) is 36.5. The molecule has 7 rings (SSSR count). The molecule has 0 bridgehead atoms. The van der Waals surface area contributed by atoms with Gasteiger partial charge in [-0.3, -0.25) is 9.20 Å². The number of imidazole rings is 1. The Hall–Kier alpha value is -4.72. The molecule has 1 amide bonds. The predicted molar refractivity (Wildman–Crippen MR) is 184 cm³/mol. The summed E-state index contributed by atoms with van der Waals surface area (Å²) in [6, 6.07) is 17.6. The van der Waals surface area contributed by atoms with Crippen LogP contribution in [0.4, 0.5) is 5.82 Å². The van der Waals surface area contributed by atoms with Gasteiger partial charge in [0.15, 0.2) is 17.3 Å². The zero-order valence-electron chi connectivity index (χ0n) is 26.5. The predicted octanol–water partition coefficient (Wildman–Crippen LogP) is 6.38. The lowest BCUT2D eigenvalue weighted by molar-refractivity contribution is 0.0763. The highest BCUT2D eigenvalue weighted by atomic mass is 35.5. The lowest BCUT2D eigenvalue weighted by Gasteiger charge is -2.36. The molecule has 47 heavy (non-hydrogen) atoms. The number of aromatic nitrogens is 2. The Bertz CT molecular complexity index is 1860. The van der Waals surface area contributed by atoms with Crippen LogP contribution in [-0.2, 0) is 4.79 Å². The fraction of sp³-hybridized carbons (Fsp3) is 0.351. The van der Waals surface area contributed by atoms with Gasteiger partial charge in [-0.1, -0.05) is 29.8 Å². The van der Waals surface area contributed by atoms with E-state index in [1.54, 1.807) is 7.11 Å². The molecule has 5 heterocycles. The molecule has 0 radical (unpaired) electrons. The van der Waals surface area contributed by atoms with Crippen LogP contribution in [0.15, 0.2) is 72.6 Å². The Morgan fingerprint density at radius 3 is 2.72 bits per heavy atom. The number of nitrogens with zero attached hydrogens (tertiary/aromatic N) is 5. The van der Waals surface area contributed by atoms with E-state index in [0.29, 0.717) is 40.9 Å². The van der Waals surface area contributed by atoms with Gasteiger partial charge in [-0.05, 0) is 86.2 Å². The Balaban J connectivity index is 0.933. The lowest BCUT2D eigenvalue weighted by Crippen LogP contribution is -2.45. The van der Waals surface area contributed by atoms with Gasteiger partial charge >= 0.3 is 0 Å². The quantitative estimate of drug-likeness (QED) is 0.145. The molecule has 3 aliphatic rings. The molecule has 2 saturated heterocycles. The first-order valence-corrected chi connectivity index (χ1v) is 16.7. The Kier molecular flexibility index (Phi) is 8.92. The number of unbranched alkanes of at least 4 members (excludes halogenated alkanes) is 2. The third kappa shape index (κ3) is 6.21. The monoisotopic (exact) mass is 651 g/mol. The summed E-state index contributed by atoms with van der Waals surface area (Å²) in [5.74, 6) is 5.19. The van der Waals surface area contributed by atoms with E-state index < -0.39 is 0 Å². The van der Waals surface area contributed by atoms with Crippen LogP contribution in [0.2, 0.25) is 5.02 Å². The van der Waals surface area contributed by atoms with E-state index in [0.717, 1.165) is 86.6 Å². The second-order valence-electron chi connectivity index (χ2n) is 12.2. The lowest BCUT2D eigenvalue weighted by atomic mass is 10.1. The minimum absolute atomic E-state index is 0.0582. The zero-order chi connectivity index (χ0) is 32.3. The van der Waals surface area contributed by atoms with Crippen LogP contribution >= 0.6 is 11.6 Å². The van der Waals surface area contributed by atoms with Crippen LogP contribution in [0.25, 0.3) is 23.0 Å². The number of rotatable bonds is 10. The first kappa shape index (κ1) is 30.9. The van der Waals surface area contributed by atoms with E-state index in [2.05, 4.69) is 32.3 Å². The summed E-state index contributed by atoms with van der Waals surface area (Å²) in [5.41, 5.74) is 4.15. The van der Waals surface area contributed by atoms with Gasteiger partial charge in [0.1, 0.15) is 17.5 Å². The number of fused-ring (bicyclic) bond motifs is 3. The molecule has 0 spiro atoms. The van der Waals surface area contributed by atoms with Gasteiger partial charge in [0.25, 0.3) is 5.91 Å². The number of hydrogen-bond donors (Lipinski definition) is 0. The van der Waals surface area contributed by atoms with E-state index in [9.17, 15) is 9.59 Å². The Labute approximate surface area is 279 Å². The number of methoxy groups -OCH3 is 1. The fourth-order valence-corrected chi connectivity index (χ4v) is 6.99. The van der Waals surface area contributed by atoms with Crippen molar-refractivity contribution >= 4 is 40.9 Å². The number of hydrogen-bond acceptors (Lipinski definition) is 7. The standard InChI is InChI=1S/C37H38ClN5O4/c1-46-33-23-31-27(12-15-29-8-7-18-42(29)37(31)45)22-34(33)47-21-6-2-4-16-40-19-20-41(24-30(40)25-44)36-32-9-3-5-17-43(32)35(39-36)26-10-13-28(38)14-11-26/h3,5,9-15,17,22-23,29H,2,4,6-8,16,18-21,24H2,1H3/t29-/m0/s1. The smallest absolute Gasteiger partial charge is 0.255 e. The third-order valence-electron chi connectivity index (χ3n) is 9.37. The van der Waals surface area contributed by atoms with Crippen molar-refractivity contribution in [2.45, 2.75) is 38.1 Å². The summed E-state index contributed by atoms with van der Waals surface area (Å²) >= 11 is 6.13. The molecule has 10 heteroatoms. The van der Waals surface area contributed by atoms with Crippen molar-refractivity contribution in [1.29, 1.82) is 0 Å². The maximum absolute atomic E-state index is 13.2. The van der Waals surface area contributed by atoms with Gasteiger partial charge in [-0.15, -0.1) is 0 Å². The van der Waals surface area contributed by atoms with Crippen molar-refractivity contribution in [3.8, 4) is 22.9 Å². The van der Waals surface area contributed by atoms with Gasteiger partial charge in [-0.2, -0.15) is 0 Å². The highest BCUT2D eigenvalue weighted by Gasteiger charge is 2.32. The molecule has 4 aromatic rings. The van der Waals surface area contributed by atoms with E-state index in [1.807, 2.05) is 65.7 Å². The summed E-state index contributed by atoms with van der Waals surface area (Å²) in [7, 11) is 1.61. The van der Waals surface area contributed by atoms with Gasteiger partial charge in [0, 0.05) is 43.0 Å². The summed E-state index contributed by atoms with van der Waals surface area (Å²) in [5, 5.41) is 0.681. The second-order valence-corrected chi connectivity index (χ2v) is 12.7. The second kappa shape index (κ2) is 13.6. The molecule has 0 saturated carbocycles. The molecule has 1 atom stereocenters. The maximum atomic E-state index is 13.2. The Morgan fingerprint density at radius 1 is 1.02 bits per heavy atom. The van der Waals surface area contributed by atoms with Crippen LogP contribution in [0.5, 0.6) is 11.5 Å². The van der Waals surface area contributed by atoms with Crippen molar-refractivity contribution in [2.75, 3.05) is 51.3 Å². The average Bonchev–Trinajstić information content (AvgIpc) is 3.71. The maximum Gasteiger partial charge on any atom is 0.255 e. The van der Waals surface area contributed by atoms with E-state index in [4.69, 9.17) is 26.1 Å². The van der Waals surface area contributed by atoms with Gasteiger partial charge in [0.2, 0.25) is 0 Å². The van der Waals surface area contributed by atoms with Crippen molar-refractivity contribution in [3.63, 3.8) is 0 Å². The summed E-state index contributed by atoms with van der Waals surface area (Å²) in [6.07, 6.45) is 11.0. The minimum Gasteiger partial charge on any atom is -0.493 e. The van der Waals surface area contributed by atoms with Crippen molar-refractivity contribution in [3.05, 3.63) is 88.7 Å². The molecule has 0 aliphatic carbocycles. The fourth-order valence-electron chi connectivity index (χ4n) is 6.87. The van der Waals surface area contributed by atoms with E-state index >= 15 is 0 Å². The minimum atomic E-state index is 0.0582. The first-order chi connectivity index (χ1) is 23.0. The van der Waals surface area contributed by atoms with Crippen LogP contribution in [-0.4, -0.2) is 83.5 Å². The van der Waals surface area contributed by atoms with Crippen molar-refractivity contribution < 1.29 is 19.1 Å². The topological polar surface area (TPSA) is 79.6 Å². The highest BCUT2D eigenvalue weighted by molar-refractivity contribution is 6.30. The number of carbonyl (C=O) groups excluding carboxylic acids is 2. The number of carbonyl (C=O) groups is 1. The first-order valence-electron chi connectivity index (χ1n) is 16.3. The number of halogens is 1. The number of piperazine rings is 1. The van der Waals surface area contributed by atoms with E-state index in [-0.39, 0.29) is 11.9 Å². The molecule has 2 fully saturated rings. The number of amides is 1. The molecule has 0 unspecified atom stereocenters. The molecule has 9 nitrogen and oxygen atoms in total. The normalized spacial score (nSPS) is 17.5. The van der Waals surface area contributed by atoms with Crippen LogP contribution < -0.4 is 14.4 Å². The molecule has 0 N–H and O–H groups in total. The number of anilines is 1. The third-order valence-corrected chi connectivity index (χ3v) is 9.62. The van der Waals surface area contributed by atoms with Gasteiger partial charge in [-0.25, -0.2) is 9.78 Å². The number of pyridine rings is 1. The summed E-state index contributed by atoms with van der Waals surface area (Å²) < 4.78 is 13.8. The number of ether oxygens (including phenoxy) is 2. The van der Waals surface area contributed by atoms with Gasteiger partial charge in [0.05, 0.1) is 37.4 Å². The Morgan fingerprint density at radius 2 is 1.89 bits per heavy atom. The summed E-state index contributed by atoms with van der Waals surface area (Å²) in [6.45, 7) is 4.05. The molecule has 242 valence electrons. The molecular formula is C37H38ClN5O4. The van der Waals surface area contributed by atoms with Crippen LogP contribution in [0, 0.1) is 0 Å². The molecule has 2 aromatic heterocycles. The number of benzene rings is 2. The van der Waals surface area contributed by atoms with Crippen molar-refractivity contribution in [1.82, 2.24) is 19.2 Å². The average molecular weight is 652 g/mol. The SMILES string of the molecule is COc1cc2c(cc1OCCCCCN1CCN(c3nc(-c4ccc(Cl)cc4)n4ccccc34)CC1=C=O)C=C[C@@H]1CCCN1C2=O.